The third kappa shape index (κ3) is 4.47. The van der Waals surface area contributed by atoms with Gasteiger partial charge in [-0.1, -0.05) is 18.2 Å². The number of aromatic hydroxyl groups is 1. The Morgan fingerprint density at radius 3 is 2.81 bits per heavy atom. The zero-order valence-electron chi connectivity index (χ0n) is 20.8. The normalized spacial score (nSPS) is 13.6. The summed E-state index contributed by atoms with van der Waals surface area (Å²) in [5.74, 6) is 2.10. The SMILES string of the molecule is COc1ccc(-c2nc3sc4c(O)cccc4c3c(=O)n2CCN(C)Cc2cccnc2)c(C2CC2)c1. The van der Waals surface area contributed by atoms with E-state index in [1.807, 2.05) is 42.1 Å². The molecular formula is C29H28N4O3S. The molecule has 0 unspecified atom stereocenters. The van der Waals surface area contributed by atoms with E-state index in [0.717, 1.165) is 41.6 Å². The number of nitrogens with zero attached hydrogens (tertiary/aromatic N) is 4. The standard InChI is InChI=1S/C29H28N4O3S/c1-32(17-18-5-4-12-30-16-18)13-14-33-27(21-11-10-20(36-2)15-23(21)19-8-9-19)31-28-25(29(33)35)22-6-3-7-24(34)26(22)37-28/h3-7,10-12,15-16,19,34H,8-9,13-14,17H2,1-2H3. The van der Waals surface area contributed by atoms with Crippen molar-refractivity contribution < 1.29 is 9.84 Å². The third-order valence-corrected chi connectivity index (χ3v) is 8.12. The molecule has 1 aliphatic rings. The first-order valence-corrected chi connectivity index (χ1v) is 13.3. The van der Waals surface area contributed by atoms with Crippen molar-refractivity contribution in [2.24, 2.45) is 0 Å². The van der Waals surface area contributed by atoms with Gasteiger partial charge in [-0.3, -0.25) is 14.3 Å². The van der Waals surface area contributed by atoms with Gasteiger partial charge in [-0.25, -0.2) is 4.98 Å². The predicted molar refractivity (Wildman–Crippen MR) is 148 cm³/mol. The topological polar surface area (TPSA) is 80.5 Å². The number of thiophene rings is 1. The van der Waals surface area contributed by atoms with E-state index in [1.165, 1.54) is 16.9 Å². The van der Waals surface area contributed by atoms with Crippen molar-refractivity contribution >= 4 is 31.6 Å². The van der Waals surface area contributed by atoms with E-state index in [2.05, 4.69) is 22.0 Å². The number of pyridine rings is 1. The number of rotatable bonds is 8. The maximum atomic E-state index is 14.1. The van der Waals surface area contributed by atoms with Crippen molar-refractivity contribution in [1.29, 1.82) is 0 Å². The van der Waals surface area contributed by atoms with Crippen LogP contribution < -0.4 is 10.3 Å². The number of aromatic nitrogens is 3. The van der Waals surface area contributed by atoms with Crippen LogP contribution in [0.4, 0.5) is 0 Å². The molecule has 37 heavy (non-hydrogen) atoms. The van der Waals surface area contributed by atoms with Crippen molar-refractivity contribution in [3.05, 3.63) is 82.4 Å². The molecule has 8 heteroatoms. The molecule has 6 rings (SSSR count). The summed E-state index contributed by atoms with van der Waals surface area (Å²) in [4.78, 5) is 26.2. The second kappa shape index (κ2) is 9.61. The maximum absolute atomic E-state index is 14.1. The minimum Gasteiger partial charge on any atom is -0.506 e. The molecule has 188 valence electrons. The minimum atomic E-state index is -0.0795. The molecule has 0 amide bonds. The maximum Gasteiger partial charge on any atom is 0.263 e. The summed E-state index contributed by atoms with van der Waals surface area (Å²) < 4.78 is 8.01. The summed E-state index contributed by atoms with van der Waals surface area (Å²) in [7, 11) is 3.72. The molecule has 0 atom stereocenters. The lowest BCUT2D eigenvalue weighted by Gasteiger charge is -2.20. The number of hydrogen-bond donors (Lipinski definition) is 1. The van der Waals surface area contributed by atoms with Crippen LogP contribution in [0.2, 0.25) is 0 Å². The summed E-state index contributed by atoms with van der Waals surface area (Å²) in [6, 6.07) is 15.4. The van der Waals surface area contributed by atoms with Crippen LogP contribution in [0.25, 0.3) is 31.7 Å². The van der Waals surface area contributed by atoms with Crippen LogP contribution in [0.15, 0.2) is 65.7 Å². The quantitative estimate of drug-likeness (QED) is 0.300. The summed E-state index contributed by atoms with van der Waals surface area (Å²) in [6.45, 7) is 1.89. The van der Waals surface area contributed by atoms with Gasteiger partial charge in [0.15, 0.2) is 0 Å². The highest BCUT2D eigenvalue weighted by atomic mass is 32.1. The number of ether oxygens (including phenoxy) is 1. The van der Waals surface area contributed by atoms with E-state index in [9.17, 15) is 9.90 Å². The highest BCUT2D eigenvalue weighted by molar-refractivity contribution is 7.25. The Morgan fingerprint density at radius 2 is 2.05 bits per heavy atom. The average molecular weight is 513 g/mol. The molecule has 1 N–H and O–H groups in total. The van der Waals surface area contributed by atoms with Gasteiger partial charge in [0.2, 0.25) is 0 Å². The Balaban J connectivity index is 1.49. The number of fused-ring (bicyclic) bond motifs is 3. The van der Waals surface area contributed by atoms with E-state index in [1.54, 1.807) is 25.4 Å². The van der Waals surface area contributed by atoms with Crippen LogP contribution >= 0.6 is 11.3 Å². The van der Waals surface area contributed by atoms with Crippen molar-refractivity contribution in [1.82, 2.24) is 19.4 Å². The highest BCUT2D eigenvalue weighted by Crippen LogP contribution is 2.46. The molecule has 3 aromatic heterocycles. The van der Waals surface area contributed by atoms with Crippen LogP contribution in [-0.4, -0.2) is 45.2 Å². The first kappa shape index (κ1) is 23.6. The first-order chi connectivity index (χ1) is 18.0. The number of benzene rings is 2. The number of methoxy groups -OCH3 is 1. The summed E-state index contributed by atoms with van der Waals surface area (Å²) in [6.07, 6.45) is 5.88. The summed E-state index contributed by atoms with van der Waals surface area (Å²) >= 11 is 1.37. The molecule has 1 saturated carbocycles. The molecule has 5 aromatic rings. The second-order valence-electron chi connectivity index (χ2n) is 9.65. The molecule has 0 spiro atoms. The van der Waals surface area contributed by atoms with Gasteiger partial charge in [-0.05, 0) is 67.3 Å². The lowest BCUT2D eigenvalue weighted by atomic mass is 10.0. The molecule has 0 radical (unpaired) electrons. The van der Waals surface area contributed by atoms with Gasteiger partial charge in [0.25, 0.3) is 5.56 Å². The van der Waals surface area contributed by atoms with Crippen LogP contribution in [0.5, 0.6) is 11.5 Å². The van der Waals surface area contributed by atoms with Gasteiger partial charge < -0.3 is 14.7 Å². The van der Waals surface area contributed by atoms with E-state index in [-0.39, 0.29) is 11.3 Å². The average Bonchev–Trinajstić information content (AvgIpc) is 3.69. The zero-order valence-corrected chi connectivity index (χ0v) is 21.7. The molecule has 0 aliphatic heterocycles. The molecule has 3 heterocycles. The Hall–Kier alpha value is -3.75. The summed E-state index contributed by atoms with van der Waals surface area (Å²) in [5.41, 5.74) is 3.19. The van der Waals surface area contributed by atoms with Crippen LogP contribution in [0.1, 0.15) is 29.9 Å². The van der Waals surface area contributed by atoms with E-state index in [0.29, 0.717) is 39.7 Å². The Morgan fingerprint density at radius 1 is 1.19 bits per heavy atom. The molecule has 2 aromatic carbocycles. The van der Waals surface area contributed by atoms with Gasteiger partial charge in [0, 0.05) is 43.0 Å². The van der Waals surface area contributed by atoms with Crippen molar-refractivity contribution in [2.45, 2.75) is 31.8 Å². The molecule has 1 fully saturated rings. The Bertz CT molecular complexity index is 1660. The number of likely N-dealkylation sites (N-methyl/N-ethyl adjacent to an activating group) is 1. The largest absolute Gasteiger partial charge is 0.506 e. The minimum absolute atomic E-state index is 0.0795. The van der Waals surface area contributed by atoms with Crippen molar-refractivity contribution in [3.8, 4) is 22.9 Å². The van der Waals surface area contributed by atoms with Crippen LogP contribution in [-0.2, 0) is 13.1 Å². The van der Waals surface area contributed by atoms with Crippen molar-refractivity contribution in [2.75, 3.05) is 20.7 Å². The lowest BCUT2D eigenvalue weighted by molar-refractivity contribution is 0.310. The molecule has 7 nitrogen and oxygen atoms in total. The molecular weight excluding hydrogens is 484 g/mol. The first-order valence-electron chi connectivity index (χ1n) is 12.4. The van der Waals surface area contributed by atoms with Crippen molar-refractivity contribution in [3.63, 3.8) is 0 Å². The third-order valence-electron chi connectivity index (χ3n) is 7.00. The van der Waals surface area contributed by atoms with Gasteiger partial charge in [-0.15, -0.1) is 11.3 Å². The number of phenolic OH excluding ortho intramolecular Hbond substituents is 1. The molecule has 1 aliphatic carbocycles. The fourth-order valence-corrected chi connectivity index (χ4v) is 6.01. The number of phenols is 1. The summed E-state index contributed by atoms with van der Waals surface area (Å²) in [5, 5.41) is 11.8. The monoisotopic (exact) mass is 512 g/mol. The molecule has 0 bridgehead atoms. The smallest absolute Gasteiger partial charge is 0.263 e. The zero-order chi connectivity index (χ0) is 25.5. The Labute approximate surface area is 218 Å². The van der Waals surface area contributed by atoms with Gasteiger partial charge in [0.05, 0.1) is 17.2 Å². The van der Waals surface area contributed by atoms with Gasteiger partial charge in [0.1, 0.15) is 22.2 Å². The fraction of sp³-hybridized carbons (Fsp3) is 0.276. The predicted octanol–water partition coefficient (Wildman–Crippen LogP) is 5.40. The fourth-order valence-electron chi connectivity index (χ4n) is 4.93. The Kier molecular flexibility index (Phi) is 6.14. The van der Waals surface area contributed by atoms with Crippen LogP contribution in [0, 0.1) is 0 Å². The molecule has 0 saturated heterocycles. The van der Waals surface area contributed by atoms with Crippen LogP contribution in [0.3, 0.4) is 0 Å². The second-order valence-corrected chi connectivity index (χ2v) is 10.7. The lowest BCUT2D eigenvalue weighted by Crippen LogP contribution is -2.30. The van der Waals surface area contributed by atoms with Gasteiger partial charge in [-0.2, -0.15) is 0 Å². The van der Waals surface area contributed by atoms with E-state index < -0.39 is 0 Å². The highest BCUT2D eigenvalue weighted by Gasteiger charge is 2.29. The number of hydrogen-bond acceptors (Lipinski definition) is 7. The van der Waals surface area contributed by atoms with E-state index >= 15 is 0 Å². The van der Waals surface area contributed by atoms with Gasteiger partial charge >= 0.3 is 0 Å². The van der Waals surface area contributed by atoms with E-state index in [4.69, 9.17) is 9.72 Å².